The number of nitrogens with one attached hydrogen (secondary N) is 1. The van der Waals surface area contributed by atoms with Crippen LogP contribution in [-0.2, 0) is 19.5 Å². The van der Waals surface area contributed by atoms with Crippen molar-refractivity contribution >= 4 is 5.65 Å². The van der Waals surface area contributed by atoms with E-state index in [1.807, 2.05) is 12.4 Å². The van der Waals surface area contributed by atoms with Crippen molar-refractivity contribution in [3.05, 3.63) is 65.9 Å². The Bertz CT molecular complexity index is 825. The van der Waals surface area contributed by atoms with Crippen molar-refractivity contribution in [2.24, 2.45) is 0 Å². The summed E-state index contributed by atoms with van der Waals surface area (Å²) in [6.45, 7) is 6.34. The third-order valence-corrected chi connectivity index (χ3v) is 4.77. The minimum absolute atomic E-state index is 0.433. The Morgan fingerprint density at radius 2 is 2.08 bits per heavy atom. The average Bonchev–Trinajstić information content (AvgIpc) is 3.03. The first-order valence-electron chi connectivity index (χ1n) is 8.58. The molecule has 0 saturated heterocycles. The molecule has 0 bridgehead atoms. The lowest BCUT2D eigenvalue weighted by atomic mass is 10.00. The minimum Gasteiger partial charge on any atom is -0.307 e. The van der Waals surface area contributed by atoms with E-state index in [4.69, 9.17) is 0 Å². The molecule has 24 heavy (non-hydrogen) atoms. The van der Waals surface area contributed by atoms with Crippen LogP contribution in [0.1, 0.15) is 23.7 Å². The van der Waals surface area contributed by atoms with E-state index in [1.54, 1.807) is 12.4 Å². The molecule has 1 atom stereocenters. The largest absolute Gasteiger partial charge is 0.307 e. The van der Waals surface area contributed by atoms with Gasteiger partial charge in [-0.05, 0) is 24.5 Å². The molecule has 0 spiro atoms. The fourth-order valence-electron chi connectivity index (χ4n) is 3.47. The maximum Gasteiger partial charge on any atom is 0.155 e. The SMILES string of the molecule is CC(CN1CCc2ccccc2C1)NCc1cnc2cnccn12. The number of hydrogen-bond donors (Lipinski definition) is 1. The lowest BCUT2D eigenvalue weighted by Crippen LogP contribution is -2.41. The van der Waals surface area contributed by atoms with Crippen LogP contribution in [0.5, 0.6) is 0 Å². The third kappa shape index (κ3) is 3.18. The molecule has 0 fully saturated rings. The fourth-order valence-corrected chi connectivity index (χ4v) is 3.47. The van der Waals surface area contributed by atoms with Crippen molar-refractivity contribution in [2.75, 3.05) is 13.1 Å². The van der Waals surface area contributed by atoms with Crippen LogP contribution < -0.4 is 5.32 Å². The van der Waals surface area contributed by atoms with Gasteiger partial charge in [-0.2, -0.15) is 0 Å². The summed E-state index contributed by atoms with van der Waals surface area (Å²) in [6.07, 6.45) is 8.63. The van der Waals surface area contributed by atoms with E-state index in [9.17, 15) is 0 Å². The van der Waals surface area contributed by atoms with Gasteiger partial charge in [-0.1, -0.05) is 24.3 Å². The van der Waals surface area contributed by atoms with Crippen LogP contribution >= 0.6 is 0 Å². The molecule has 2 aromatic heterocycles. The zero-order valence-corrected chi connectivity index (χ0v) is 14.0. The topological polar surface area (TPSA) is 45.5 Å². The smallest absolute Gasteiger partial charge is 0.155 e. The Hall–Kier alpha value is -2.24. The highest BCUT2D eigenvalue weighted by Gasteiger charge is 2.17. The van der Waals surface area contributed by atoms with E-state index in [-0.39, 0.29) is 0 Å². The van der Waals surface area contributed by atoms with Crippen molar-refractivity contribution in [2.45, 2.75) is 32.5 Å². The van der Waals surface area contributed by atoms with Crippen molar-refractivity contribution in [3.63, 3.8) is 0 Å². The van der Waals surface area contributed by atoms with E-state index >= 15 is 0 Å². The first-order valence-corrected chi connectivity index (χ1v) is 8.58. The Morgan fingerprint density at radius 3 is 3.00 bits per heavy atom. The molecule has 0 saturated carbocycles. The van der Waals surface area contributed by atoms with E-state index in [1.165, 1.54) is 16.8 Å². The second-order valence-electron chi connectivity index (χ2n) is 6.59. The lowest BCUT2D eigenvalue weighted by molar-refractivity contribution is 0.229. The number of imidazole rings is 1. The average molecular weight is 321 g/mol. The molecular formula is C19H23N5. The Morgan fingerprint density at radius 1 is 1.21 bits per heavy atom. The molecule has 4 rings (SSSR count). The Balaban J connectivity index is 1.33. The maximum absolute atomic E-state index is 4.39. The summed E-state index contributed by atoms with van der Waals surface area (Å²) in [7, 11) is 0. The predicted molar refractivity (Wildman–Crippen MR) is 94.7 cm³/mol. The van der Waals surface area contributed by atoms with Crippen LogP contribution in [0.4, 0.5) is 0 Å². The van der Waals surface area contributed by atoms with Gasteiger partial charge in [-0.15, -0.1) is 0 Å². The summed E-state index contributed by atoms with van der Waals surface area (Å²) in [4.78, 5) is 11.0. The van der Waals surface area contributed by atoms with Gasteiger partial charge in [0.25, 0.3) is 0 Å². The molecule has 5 nitrogen and oxygen atoms in total. The number of hydrogen-bond acceptors (Lipinski definition) is 4. The monoisotopic (exact) mass is 321 g/mol. The van der Waals surface area contributed by atoms with E-state index < -0.39 is 0 Å². The number of fused-ring (bicyclic) bond motifs is 2. The molecule has 1 N–H and O–H groups in total. The predicted octanol–water partition coefficient (Wildman–Crippen LogP) is 2.27. The molecule has 3 heterocycles. The number of benzene rings is 1. The molecule has 1 aliphatic heterocycles. The second kappa shape index (κ2) is 6.71. The molecule has 124 valence electrons. The van der Waals surface area contributed by atoms with Crippen LogP contribution in [0.25, 0.3) is 5.65 Å². The van der Waals surface area contributed by atoms with Crippen LogP contribution in [0.3, 0.4) is 0 Å². The molecule has 1 aliphatic rings. The molecular weight excluding hydrogens is 298 g/mol. The summed E-state index contributed by atoms with van der Waals surface area (Å²) in [5.41, 5.74) is 5.05. The van der Waals surface area contributed by atoms with Gasteiger partial charge in [0.15, 0.2) is 5.65 Å². The van der Waals surface area contributed by atoms with Crippen molar-refractivity contribution in [1.82, 2.24) is 24.6 Å². The minimum atomic E-state index is 0.433. The third-order valence-electron chi connectivity index (χ3n) is 4.77. The quantitative estimate of drug-likeness (QED) is 0.783. The van der Waals surface area contributed by atoms with Gasteiger partial charge in [0.05, 0.1) is 18.1 Å². The van der Waals surface area contributed by atoms with Gasteiger partial charge in [0, 0.05) is 44.6 Å². The van der Waals surface area contributed by atoms with Gasteiger partial charge in [0.1, 0.15) is 0 Å². The highest BCUT2D eigenvalue weighted by Crippen LogP contribution is 2.18. The van der Waals surface area contributed by atoms with Crippen molar-refractivity contribution in [3.8, 4) is 0 Å². The molecule has 1 unspecified atom stereocenters. The van der Waals surface area contributed by atoms with Gasteiger partial charge < -0.3 is 5.32 Å². The zero-order chi connectivity index (χ0) is 16.4. The lowest BCUT2D eigenvalue weighted by Gasteiger charge is -2.31. The molecule has 0 aliphatic carbocycles. The van der Waals surface area contributed by atoms with Crippen LogP contribution in [0, 0.1) is 0 Å². The first kappa shape index (κ1) is 15.3. The first-order chi connectivity index (χ1) is 11.8. The zero-order valence-electron chi connectivity index (χ0n) is 14.0. The Kier molecular flexibility index (Phi) is 4.28. The normalized spacial score (nSPS) is 16.2. The summed E-state index contributed by atoms with van der Waals surface area (Å²) in [5.74, 6) is 0. The van der Waals surface area contributed by atoms with Gasteiger partial charge in [-0.3, -0.25) is 14.3 Å². The van der Waals surface area contributed by atoms with Crippen LogP contribution in [-0.4, -0.2) is 38.4 Å². The van der Waals surface area contributed by atoms with E-state index in [0.717, 1.165) is 38.2 Å². The van der Waals surface area contributed by atoms with Gasteiger partial charge in [0.2, 0.25) is 0 Å². The number of aromatic nitrogens is 3. The summed E-state index contributed by atoms with van der Waals surface area (Å²) >= 11 is 0. The second-order valence-corrected chi connectivity index (χ2v) is 6.59. The van der Waals surface area contributed by atoms with Crippen LogP contribution in [0.2, 0.25) is 0 Å². The Labute approximate surface area is 142 Å². The van der Waals surface area contributed by atoms with Gasteiger partial charge in [-0.25, -0.2) is 4.98 Å². The summed E-state index contributed by atoms with van der Waals surface area (Å²) in [6, 6.07) is 9.23. The van der Waals surface area contributed by atoms with Crippen molar-refractivity contribution in [1.29, 1.82) is 0 Å². The number of nitrogens with zero attached hydrogens (tertiary/aromatic N) is 4. The van der Waals surface area contributed by atoms with Crippen molar-refractivity contribution < 1.29 is 0 Å². The van der Waals surface area contributed by atoms with E-state index in [0.29, 0.717) is 6.04 Å². The summed E-state index contributed by atoms with van der Waals surface area (Å²) in [5, 5.41) is 3.63. The van der Waals surface area contributed by atoms with Crippen LogP contribution in [0.15, 0.2) is 49.1 Å². The number of rotatable bonds is 5. The standard InChI is InChI=1S/C19H23N5/c1-15(13-23-8-6-16-4-2-3-5-17(16)14-23)21-10-18-11-22-19-12-20-7-9-24(18)19/h2-5,7,9,11-12,15,21H,6,8,10,13-14H2,1H3. The highest BCUT2D eigenvalue weighted by atomic mass is 15.2. The molecule has 3 aromatic rings. The molecule has 1 aromatic carbocycles. The maximum atomic E-state index is 4.39. The van der Waals surface area contributed by atoms with E-state index in [2.05, 4.69) is 55.8 Å². The molecule has 0 radical (unpaired) electrons. The van der Waals surface area contributed by atoms with Gasteiger partial charge >= 0.3 is 0 Å². The molecule has 5 heteroatoms. The fraction of sp³-hybridized carbons (Fsp3) is 0.368. The molecule has 0 amide bonds. The summed E-state index contributed by atoms with van der Waals surface area (Å²) < 4.78 is 2.09. The highest BCUT2D eigenvalue weighted by molar-refractivity contribution is 5.36.